The summed E-state index contributed by atoms with van der Waals surface area (Å²) < 4.78 is 0.914. The van der Waals surface area contributed by atoms with Crippen LogP contribution in [-0.4, -0.2) is 35.1 Å². The van der Waals surface area contributed by atoms with Gasteiger partial charge >= 0.3 is 12.0 Å². The van der Waals surface area contributed by atoms with E-state index in [1.807, 2.05) is 32.0 Å². The van der Waals surface area contributed by atoms with Crippen molar-refractivity contribution in [2.45, 2.75) is 20.8 Å². The molecule has 1 atom stereocenters. The van der Waals surface area contributed by atoms with Gasteiger partial charge in [-0.15, -0.1) is 0 Å². The van der Waals surface area contributed by atoms with Crippen LogP contribution in [0.4, 0.5) is 10.5 Å². The highest BCUT2D eigenvalue weighted by Crippen LogP contribution is 2.20. The minimum Gasteiger partial charge on any atom is -0.481 e. The lowest BCUT2D eigenvalue weighted by molar-refractivity contribution is -0.141. The van der Waals surface area contributed by atoms with E-state index in [2.05, 4.69) is 21.2 Å². The molecule has 0 heterocycles. The van der Waals surface area contributed by atoms with Crippen molar-refractivity contribution in [1.29, 1.82) is 0 Å². The molecule has 0 radical (unpaired) electrons. The second-order valence-electron chi connectivity index (χ2n) is 4.67. The average molecular weight is 343 g/mol. The minimum atomic E-state index is -0.908. The van der Waals surface area contributed by atoms with Crippen LogP contribution < -0.4 is 5.32 Å². The molecule has 0 aliphatic rings. The monoisotopic (exact) mass is 342 g/mol. The molecular formula is C14H19BrN2O3. The maximum atomic E-state index is 12.1. The van der Waals surface area contributed by atoms with E-state index in [1.165, 1.54) is 4.90 Å². The molecule has 2 amide bonds. The van der Waals surface area contributed by atoms with Gasteiger partial charge in [0.25, 0.3) is 0 Å². The summed E-state index contributed by atoms with van der Waals surface area (Å²) in [6.07, 6.45) is 0. The van der Waals surface area contributed by atoms with Gasteiger partial charge in [-0.25, -0.2) is 4.79 Å². The highest BCUT2D eigenvalue weighted by atomic mass is 79.9. The van der Waals surface area contributed by atoms with E-state index in [-0.39, 0.29) is 12.6 Å². The summed E-state index contributed by atoms with van der Waals surface area (Å²) in [5.74, 6) is -1.50. The number of anilines is 1. The summed E-state index contributed by atoms with van der Waals surface area (Å²) in [7, 11) is 0. The summed E-state index contributed by atoms with van der Waals surface area (Å²) in [4.78, 5) is 24.4. The molecule has 6 heteroatoms. The SMILES string of the molecule is CCN(CC(C)C(=O)O)C(=O)Nc1ccc(C)c(Br)c1. The largest absolute Gasteiger partial charge is 0.481 e. The number of halogens is 1. The fourth-order valence-electron chi connectivity index (χ4n) is 1.64. The Bertz CT molecular complexity index is 505. The van der Waals surface area contributed by atoms with Gasteiger partial charge in [0.05, 0.1) is 5.92 Å². The van der Waals surface area contributed by atoms with E-state index in [1.54, 1.807) is 6.92 Å². The number of rotatable bonds is 5. The number of carbonyl (C=O) groups excluding carboxylic acids is 1. The van der Waals surface area contributed by atoms with Gasteiger partial charge in [-0.05, 0) is 31.5 Å². The highest BCUT2D eigenvalue weighted by molar-refractivity contribution is 9.10. The molecule has 0 saturated heterocycles. The van der Waals surface area contributed by atoms with Crippen LogP contribution in [0.1, 0.15) is 19.4 Å². The molecule has 0 aliphatic carbocycles. The molecule has 110 valence electrons. The summed E-state index contributed by atoms with van der Waals surface area (Å²) in [5.41, 5.74) is 1.75. The van der Waals surface area contributed by atoms with Crippen molar-refractivity contribution in [2.75, 3.05) is 18.4 Å². The van der Waals surface area contributed by atoms with Crippen molar-refractivity contribution in [3.63, 3.8) is 0 Å². The Morgan fingerprint density at radius 2 is 2.10 bits per heavy atom. The van der Waals surface area contributed by atoms with Gasteiger partial charge < -0.3 is 15.3 Å². The quantitative estimate of drug-likeness (QED) is 0.862. The normalized spacial score (nSPS) is 11.8. The van der Waals surface area contributed by atoms with Gasteiger partial charge in [0.1, 0.15) is 0 Å². The Labute approximate surface area is 127 Å². The fourth-order valence-corrected chi connectivity index (χ4v) is 2.02. The average Bonchev–Trinajstić information content (AvgIpc) is 2.39. The Kier molecular flexibility index (Phi) is 6.01. The number of amides is 2. The molecule has 1 rings (SSSR count). The zero-order chi connectivity index (χ0) is 15.3. The van der Waals surface area contributed by atoms with E-state index in [0.717, 1.165) is 10.0 Å². The van der Waals surface area contributed by atoms with E-state index < -0.39 is 11.9 Å². The third-order valence-corrected chi connectivity index (χ3v) is 3.86. The van der Waals surface area contributed by atoms with Crippen molar-refractivity contribution in [2.24, 2.45) is 5.92 Å². The molecule has 0 saturated carbocycles. The van der Waals surface area contributed by atoms with E-state index in [9.17, 15) is 9.59 Å². The maximum Gasteiger partial charge on any atom is 0.321 e. The topological polar surface area (TPSA) is 69.6 Å². The molecule has 0 aliphatic heterocycles. The first-order valence-corrected chi connectivity index (χ1v) is 7.19. The number of carbonyl (C=O) groups is 2. The first kappa shape index (κ1) is 16.5. The van der Waals surface area contributed by atoms with Crippen molar-refractivity contribution >= 4 is 33.6 Å². The number of aryl methyl sites for hydroxylation is 1. The Hall–Kier alpha value is -1.56. The third-order valence-electron chi connectivity index (χ3n) is 3.01. The predicted octanol–water partition coefficient (Wildman–Crippen LogP) is 3.33. The standard InChI is InChI=1S/C14H19BrN2O3/c1-4-17(8-10(3)13(18)19)14(20)16-11-6-5-9(2)12(15)7-11/h5-7,10H,4,8H2,1-3H3,(H,16,20)(H,18,19). The molecule has 1 unspecified atom stereocenters. The lowest BCUT2D eigenvalue weighted by Gasteiger charge is -2.23. The maximum absolute atomic E-state index is 12.1. The molecule has 1 aromatic rings. The van der Waals surface area contributed by atoms with Gasteiger partial charge in [-0.3, -0.25) is 4.79 Å². The van der Waals surface area contributed by atoms with Gasteiger partial charge in [0, 0.05) is 23.2 Å². The van der Waals surface area contributed by atoms with Crippen LogP contribution in [0.2, 0.25) is 0 Å². The number of nitrogens with one attached hydrogen (secondary N) is 1. The van der Waals surface area contributed by atoms with Gasteiger partial charge in [0.2, 0.25) is 0 Å². The second kappa shape index (κ2) is 7.28. The number of benzene rings is 1. The van der Waals surface area contributed by atoms with Crippen LogP contribution in [0.5, 0.6) is 0 Å². The Morgan fingerprint density at radius 3 is 2.60 bits per heavy atom. The summed E-state index contributed by atoms with van der Waals surface area (Å²) >= 11 is 3.41. The summed E-state index contributed by atoms with van der Waals surface area (Å²) in [6, 6.07) is 5.24. The molecule has 5 nitrogen and oxygen atoms in total. The minimum absolute atomic E-state index is 0.185. The van der Waals surface area contributed by atoms with Crippen LogP contribution in [0.15, 0.2) is 22.7 Å². The van der Waals surface area contributed by atoms with Crippen molar-refractivity contribution < 1.29 is 14.7 Å². The summed E-state index contributed by atoms with van der Waals surface area (Å²) in [5, 5.41) is 11.7. The lowest BCUT2D eigenvalue weighted by Crippen LogP contribution is -2.39. The van der Waals surface area contributed by atoms with Crippen molar-refractivity contribution in [3.8, 4) is 0 Å². The number of hydrogen-bond donors (Lipinski definition) is 2. The fraction of sp³-hybridized carbons (Fsp3) is 0.429. The first-order valence-electron chi connectivity index (χ1n) is 6.40. The molecular weight excluding hydrogens is 324 g/mol. The van der Waals surface area contributed by atoms with Crippen LogP contribution in [0.25, 0.3) is 0 Å². The predicted molar refractivity (Wildman–Crippen MR) is 81.9 cm³/mol. The van der Waals surface area contributed by atoms with Crippen LogP contribution in [0, 0.1) is 12.8 Å². The van der Waals surface area contributed by atoms with Crippen LogP contribution in [0.3, 0.4) is 0 Å². The van der Waals surface area contributed by atoms with Gasteiger partial charge in [-0.1, -0.05) is 28.9 Å². The first-order chi connectivity index (χ1) is 9.35. The molecule has 0 spiro atoms. The van der Waals surface area contributed by atoms with Gasteiger partial charge in [-0.2, -0.15) is 0 Å². The Balaban J connectivity index is 2.72. The second-order valence-corrected chi connectivity index (χ2v) is 5.53. The summed E-state index contributed by atoms with van der Waals surface area (Å²) in [6.45, 7) is 6.00. The lowest BCUT2D eigenvalue weighted by atomic mass is 10.2. The Morgan fingerprint density at radius 1 is 1.45 bits per heavy atom. The number of carboxylic acids is 1. The highest BCUT2D eigenvalue weighted by Gasteiger charge is 2.19. The van der Waals surface area contributed by atoms with E-state index >= 15 is 0 Å². The smallest absolute Gasteiger partial charge is 0.321 e. The van der Waals surface area contributed by atoms with Crippen LogP contribution in [-0.2, 0) is 4.79 Å². The molecule has 0 bridgehead atoms. The molecule has 0 aromatic heterocycles. The number of carboxylic acid groups (broad SMARTS) is 1. The zero-order valence-corrected chi connectivity index (χ0v) is 13.4. The molecule has 1 aromatic carbocycles. The van der Waals surface area contributed by atoms with E-state index in [0.29, 0.717) is 12.2 Å². The number of nitrogens with zero attached hydrogens (tertiary/aromatic N) is 1. The number of hydrogen-bond acceptors (Lipinski definition) is 2. The van der Waals surface area contributed by atoms with Gasteiger partial charge in [0.15, 0.2) is 0 Å². The van der Waals surface area contributed by atoms with E-state index in [4.69, 9.17) is 5.11 Å². The van der Waals surface area contributed by atoms with Crippen LogP contribution >= 0.6 is 15.9 Å². The van der Waals surface area contributed by atoms with Crippen molar-refractivity contribution in [1.82, 2.24) is 4.90 Å². The zero-order valence-electron chi connectivity index (χ0n) is 11.8. The molecule has 20 heavy (non-hydrogen) atoms. The number of urea groups is 1. The molecule has 0 fully saturated rings. The molecule has 2 N–H and O–H groups in total. The third kappa shape index (κ3) is 4.52. The van der Waals surface area contributed by atoms with Crippen molar-refractivity contribution in [3.05, 3.63) is 28.2 Å². The number of aliphatic carboxylic acids is 1.